The third-order valence-corrected chi connectivity index (χ3v) is 10.9. The van der Waals surface area contributed by atoms with Gasteiger partial charge in [0.1, 0.15) is 30.5 Å². The van der Waals surface area contributed by atoms with Crippen molar-refractivity contribution in [2.24, 2.45) is 0 Å². The molecule has 6 unspecified atom stereocenters. The lowest BCUT2D eigenvalue weighted by Gasteiger charge is -2.39. The molecule has 0 saturated carbocycles. The third-order valence-electron chi connectivity index (χ3n) is 10.9. The van der Waals surface area contributed by atoms with E-state index in [0.29, 0.717) is 13.0 Å². The maximum Gasteiger partial charge on any atom is 0.306 e. The van der Waals surface area contributed by atoms with E-state index in [4.69, 9.17) is 18.9 Å². The van der Waals surface area contributed by atoms with Crippen LogP contribution in [0, 0.1) is 0 Å². The predicted molar refractivity (Wildman–Crippen MR) is 251 cm³/mol. The average molecular weight is 859 g/mol. The molecule has 1 heterocycles. The van der Waals surface area contributed by atoms with Crippen molar-refractivity contribution in [1.29, 1.82) is 0 Å². The van der Waals surface area contributed by atoms with Gasteiger partial charge in [-0.05, 0) is 83.5 Å². The number of hydrogen-bond acceptors (Lipinski definition) is 9. The van der Waals surface area contributed by atoms with Gasteiger partial charge in [0.25, 0.3) is 0 Å². The summed E-state index contributed by atoms with van der Waals surface area (Å²) in [5, 5.41) is 40.2. The van der Waals surface area contributed by atoms with E-state index >= 15 is 0 Å². The van der Waals surface area contributed by atoms with Crippen LogP contribution < -0.4 is 0 Å². The zero-order chi connectivity index (χ0) is 44.3. The van der Waals surface area contributed by atoms with Gasteiger partial charge in [-0.1, -0.05) is 170 Å². The Balaban J connectivity index is 2.25. The topological polar surface area (TPSA) is 135 Å². The first-order valence-corrected chi connectivity index (χ1v) is 24.5. The van der Waals surface area contributed by atoms with Crippen molar-refractivity contribution in [3.05, 3.63) is 72.9 Å². The van der Waals surface area contributed by atoms with Gasteiger partial charge in [-0.15, -0.1) is 0 Å². The van der Waals surface area contributed by atoms with Crippen LogP contribution in [-0.4, -0.2) is 89.6 Å². The number of carbonyl (C=O) groups excluding carboxylic acids is 1. The molecule has 0 aromatic heterocycles. The lowest BCUT2D eigenvalue weighted by Crippen LogP contribution is -2.59. The fourth-order valence-electron chi connectivity index (χ4n) is 7.04. The van der Waals surface area contributed by atoms with E-state index < -0.39 is 43.4 Å². The Morgan fingerprint density at radius 3 is 1.51 bits per heavy atom. The Bertz CT molecular complexity index is 1160. The summed E-state index contributed by atoms with van der Waals surface area (Å²) in [7, 11) is 0. The zero-order valence-corrected chi connectivity index (χ0v) is 38.6. The van der Waals surface area contributed by atoms with Gasteiger partial charge >= 0.3 is 5.97 Å². The van der Waals surface area contributed by atoms with Crippen LogP contribution in [0.15, 0.2) is 72.9 Å². The molecule has 352 valence electrons. The number of esters is 1. The molecule has 0 amide bonds. The smallest absolute Gasteiger partial charge is 0.306 e. The Kier molecular flexibility index (Phi) is 39.8. The summed E-state index contributed by atoms with van der Waals surface area (Å²) in [6.07, 6.45) is 49.2. The fraction of sp³-hybridized carbons (Fsp3) is 0.750. The number of carbonyl (C=O) groups is 1. The van der Waals surface area contributed by atoms with Crippen molar-refractivity contribution >= 4 is 5.97 Å². The molecular formula is C52H90O9. The molecule has 61 heavy (non-hydrogen) atoms. The van der Waals surface area contributed by atoms with Crippen molar-refractivity contribution in [1.82, 2.24) is 0 Å². The third kappa shape index (κ3) is 33.8. The van der Waals surface area contributed by atoms with Crippen molar-refractivity contribution in [3.8, 4) is 0 Å². The first-order valence-electron chi connectivity index (χ1n) is 24.5. The molecular weight excluding hydrogens is 769 g/mol. The molecule has 0 radical (unpaired) electrons. The molecule has 0 aromatic carbocycles. The van der Waals surface area contributed by atoms with Crippen molar-refractivity contribution < 1.29 is 44.2 Å². The van der Waals surface area contributed by atoms with Crippen LogP contribution in [0.2, 0.25) is 0 Å². The highest BCUT2D eigenvalue weighted by atomic mass is 16.7. The molecule has 0 aliphatic carbocycles. The molecule has 1 aliphatic heterocycles. The summed E-state index contributed by atoms with van der Waals surface area (Å²) in [5.74, 6) is -0.328. The second-order valence-electron chi connectivity index (χ2n) is 16.5. The van der Waals surface area contributed by atoms with Crippen LogP contribution in [0.4, 0.5) is 0 Å². The summed E-state index contributed by atoms with van der Waals surface area (Å²) in [6, 6.07) is 0. The van der Waals surface area contributed by atoms with Gasteiger partial charge in [0.2, 0.25) is 0 Å². The Morgan fingerprint density at radius 2 is 1.00 bits per heavy atom. The molecule has 1 rings (SSSR count). The molecule has 9 heteroatoms. The maximum absolute atomic E-state index is 12.8. The normalized spacial score (nSPS) is 20.5. The molecule has 0 spiro atoms. The number of ether oxygens (including phenoxy) is 4. The highest BCUT2D eigenvalue weighted by Gasteiger charge is 2.44. The van der Waals surface area contributed by atoms with Crippen LogP contribution >= 0.6 is 0 Å². The van der Waals surface area contributed by atoms with Crippen molar-refractivity contribution in [2.45, 2.75) is 224 Å². The highest BCUT2D eigenvalue weighted by Crippen LogP contribution is 2.22. The Labute approximate surface area is 372 Å². The van der Waals surface area contributed by atoms with E-state index in [0.717, 1.165) is 89.9 Å². The van der Waals surface area contributed by atoms with Gasteiger partial charge in [-0.2, -0.15) is 0 Å². The summed E-state index contributed by atoms with van der Waals surface area (Å²) >= 11 is 0. The summed E-state index contributed by atoms with van der Waals surface area (Å²) in [5.41, 5.74) is 0. The quantitative estimate of drug-likeness (QED) is 0.0269. The van der Waals surface area contributed by atoms with Crippen LogP contribution in [-0.2, 0) is 23.7 Å². The minimum Gasteiger partial charge on any atom is -0.457 e. The molecule has 1 aliphatic rings. The number of aliphatic hydroxyl groups is 4. The summed E-state index contributed by atoms with van der Waals surface area (Å²) in [4.78, 5) is 12.8. The van der Waals surface area contributed by atoms with Gasteiger partial charge in [-0.25, -0.2) is 0 Å². The largest absolute Gasteiger partial charge is 0.457 e. The number of rotatable bonds is 41. The van der Waals surface area contributed by atoms with E-state index in [-0.39, 0.29) is 19.2 Å². The van der Waals surface area contributed by atoms with E-state index in [1.165, 1.54) is 77.0 Å². The number of hydrogen-bond donors (Lipinski definition) is 4. The molecule has 6 atom stereocenters. The van der Waals surface area contributed by atoms with Crippen LogP contribution in [0.1, 0.15) is 187 Å². The summed E-state index contributed by atoms with van der Waals surface area (Å²) in [6.45, 7) is 4.39. The standard InChI is InChI=1S/C52H90O9/c1-3-5-7-9-11-13-15-17-19-21-22-23-24-25-27-29-31-33-35-37-39-41-48(54)60-46(45-59-52-51(57)50(56)49(55)47(43-53)61-52)44-58-42-40-38-36-34-32-30-28-26-20-18-16-14-12-10-8-6-4-2/h5,7,11,13-14,16-17,19-20,22-23,26,46-47,49-53,55-57H,3-4,6,8-10,12,15,18,21,24-25,27-45H2,1-2H3/b7-5-,13-11-,16-14-,19-17-,23-22-,26-20-. The predicted octanol–water partition coefficient (Wildman–Crippen LogP) is 11.6. The van der Waals surface area contributed by atoms with Gasteiger partial charge in [-0.3, -0.25) is 4.79 Å². The fourth-order valence-corrected chi connectivity index (χ4v) is 7.04. The lowest BCUT2D eigenvalue weighted by atomic mass is 9.99. The van der Waals surface area contributed by atoms with E-state index in [1.54, 1.807) is 0 Å². The highest BCUT2D eigenvalue weighted by molar-refractivity contribution is 5.69. The van der Waals surface area contributed by atoms with Crippen LogP contribution in [0.3, 0.4) is 0 Å². The van der Waals surface area contributed by atoms with E-state index in [9.17, 15) is 25.2 Å². The Morgan fingerprint density at radius 1 is 0.541 bits per heavy atom. The van der Waals surface area contributed by atoms with Crippen molar-refractivity contribution in [3.63, 3.8) is 0 Å². The number of aliphatic hydroxyl groups excluding tert-OH is 4. The molecule has 1 fully saturated rings. The minimum absolute atomic E-state index is 0.125. The van der Waals surface area contributed by atoms with E-state index in [2.05, 4.69) is 86.8 Å². The molecule has 4 N–H and O–H groups in total. The van der Waals surface area contributed by atoms with Crippen LogP contribution in [0.25, 0.3) is 0 Å². The second kappa shape index (κ2) is 42.9. The second-order valence-corrected chi connectivity index (χ2v) is 16.5. The van der Waals surface area contributed by atoms with Gasteiger partial charge < -0.3 is 39.4 Å². The monoisotopic (exact) mass is 859 g/mol. The van der Waals surface area contributed by atoms with Crippen molar-refractivity contribution in [2.75, 3.05) is 26.4 Å². The molecule has 1 saturated heterocycles. The Hall–Kier alpha value is -2.37. The number of allylic oxidation sites excluding steroid dienone is 12. The van der Waals surface area contributed by atoms with Gasteiger partial charge in [0, 0.05) is 13.0 Å². The first kappa shape index (κ1) is 56.6. The lowest BCUT2D eigenvalue weighted by molar-refractivity contribution is -0.305. The van der Waals surface area contributed by atoms with Gasteiger partial charge in [0.05, 0.1) is 19.8 Å². The zero-order valence-electron chi connectivity index (χ0n) is 38.6. The minimum atomic E-state index is -1.54. The number of unbranched alkanes of at least 4 members (excludes halogenated alkanes) is 18. The van der Waals surface area contributed by atoms with Crippen LogP contribution in [0.5, 0.6) is 0 Å². The SMILES string of the molecule is CC/C=C\C/C=C\C/C=C\C/C=C\CCCCCCCCCCC(=O)OC(COCCCCCCCC/C=C\C/C=C\CCCCCC)COC1OC(CO)C(O)C(O)C1O. The maximum atomic E-state index is 12.8. The molecule has 0 bridgehead atoms. The van der Waals surface area contributed by atoms with E-state index in [1.807, 2.05) is 0 Å². The van der Waals surface area contributed by atoms with Gasteiger partial charge in [0.15, 0.2) is 6.29 Å². The summed E-state index contributed by atoms with van der Waals surface area (Å²) < 4.78 is 22.9. The first-order chi connectivity index (χ1) is 29.9. The molecule has 0 aromatic rings. The average Bonchev–Trinajstić information content (AvgIpc) is 3.26. The molecule has 9 nitrogen and oxygen atoms in total.